The number of benzene rings is 3. The van der Waals surface area contributed by atoms with Crippen molar-refractivity contribution in [1.29, 1.82) is 0 Å². The van der Waals surface area contributed by atoms with Gasteiger partial charge in [0.2, 0.25) is 0 Å². The van der Waals surface area contributed by atoms with Crippen LogP contribution in [0.15, 0.2) is 78.9 Å². The molecular formula is C23H21NO3. The zero-order valence-corrected chi connectivity index (χ0v) is 15.3. The third-order valence-corrected chi connectivity index (χ3v) is 3.94. The SMILES string of the molecule is CC(C)Oc1ccc(C(=O)Nc2ccccc2C(=O)c2ccccc2)cc1. The summed E-state index contributed by atoms with van der Waals surface area (Å²) in [5.41, 5.74) is 2.01. The van der Waals surface area contributed by atoms with Gasteiger partial charge in [-0.1, -0.05) is 42.5 Å². The van der Waals surface area contributed by atoms with E-state index in [9.17, 15) is 9.59 Å². The number of rotatable bonds is 6. The standard InChI is InChI=1S/C23H21NO3/c1-16(2)27-19-14-12-18(13-15-19)23(26)24-21-11-7-6-10-20(21)22(25)17-8-4-3-5-9-17/h3-16H,1-2H3,(H,24,26). The fourth-order valence-electron chi connectivity index (χ4n) is 2.69. The van der Waals surface area contributed by atoms with Crippen LogP contribution in [-0.4, -0.2) is 17.8 Å². The minimum Gasteiger partial charge on any atom is -0.491 e. The average Bonchev–Trinajstić information content (AvgIpc) is 2.68. The van der Waals surface area contributed by atoms with Crippen molar-refractivity contribution in [3.05, 3.63) is 95.6 Å². The number of hydrogen-bond donors (Lipinski definition) is 1. The molecule has 0 aromatic heterocycles. The third kappa shape index (κ3) is 4.61. The molecule has 0 spiro atoms. The Balaban J connectivity index is 1.80. The van der Waals surface area contributed by atoms with Crippen molar-refractivity contribution < 1.29 is 14.3 Å². The molecule has 0 atom stereocenters. The lowest BCUT2D eigenvalue weighted by molar-refractivity contribution is 0.102. The normalized spacial score (nSPS) is 10.5. The number of ether oxygens (including phenoxy) is 1. The van der Waals surface area contributed by atoms with Crippen LogP contribution in [0.4, 0.5) is 5.69 Å². The minimum atomic E-state index is -0.278. The summed E-state index contributed by atoms with van der Waals surface area (Å²) < 4.78 is 5.59. The molecule has 0 aliphatic carbocycles. The summed E-state index contributed by atoms with van der Waals surface area (Å²) in [6.07, 6.45) is 0.0700. The Hall–Kier alpha value is -3.40. The molecule has 3 rings (SSSR count). The molecule has 0 aliphatic heterocycles. The molecule has 136 valence electrons. The van der Waals surface area contributed by atoms with Crippen LogP contribution in [0.3, 0.4) is 0 Å². The van der Waals surface area contributed by atoms with Gasteiger partial charge in [-0.15, -0.1) is 0 Å². The topological polar surface area (TPSA) is 55.4 Å². The van der Waals surface area contributed by atoms with E-state index in [1.165, 1.54) is 0 Å². The van der Waals surface area contributed by atoms with E-state index in [-0.39, 0.29) is 17.8 Å². The molecule has 27 heavy (non-hydrogen) atoms. The quantitative estimate of drug-likeness (QED) is 0.633. The predicted octanol–water partition coefficient (Wildman–Crippen LogP) is 4.96. The lowest BCUT2D eigenvalue weighted by Crippen LogP contribution is -2.15. The van der Waals surface area contributed by atoms with Crippen LogP contribution >= 0.6 is 0 Å². The van der Waals surface area contributed by atoms with Gasteiger partial charge in [0.25, 0.3) is 5.91 Å². The van der Waals surface area contributed by atoms with Crippen molar-refractivity contribution in [3.63, 3.8) is 0 Å². The van der Waals surface area contributed by atoms with Gasteiger partial charge in [0, 0.05) is 16.7 Å². The van der Waals surface area contributed by atoms with Crippen LogP contribution < -0.4 is 10.1 Å². The van der Waals surface area contributed by atoms with Crippen LogP contribution in [0, 0.1) is 0 Å². The summed E-state index contributed by atoms with van der Waals surface area (Å²) in [6, 6.07) is 22.9. The summed E-state index contributed by atoms with van der Waals surface area (Å²) >= 11 is 0. The monoisotopic (exact) mass is 359 g/mol. The highest BCUT2D eigenvalue weighted by atomic mass is 16.5. The maximum Gasteiger partial charge on any atom is 0.255 e. The fourth-order valence-corrected chi connectivity index (χ4v) is 2.69. The van der Waals surface area contributed by atoms with E-state index < -0.39 is 0 Å². The molecule has 0 saturated heterocycles. The molecular weight excluding hydrogens is 338 g/mol. The van der Waals surface area contributed by atoms with Crippen LogP contribution in [-0.2, 0) is 0 Å². The number of carbonyl (C=O) groups excluding carboxylic acids is 2. The Bertz CT molecular complexity index is 931. The second-order valence-electron chi connectivity index (χ2n) is 6.39. The van der Waals surface area contributed by atoms with E-state index >= 15 is 0 Å². The zero-order valence-electron chi connectivity index (χ0n) is 15.3. The van der Waals surface area contributed by atoms with Crippen LogP contribution in [0.25, 0.3) is 0 Å². The van der Waals surface area contributed by atoms with Crippen molar-refractivity contribution >= 4 is 17.4 Å². The van der Waals surface area contributed by atoms with Gasteiger partial charge in [-0.05, 0) is 50.2 Å². The van der Waals surface area contributed by atoms with E-state index in [0.717, 1.165) is 0 Å². The number of anilines is 1. The Morgan fingerprint density at radius 3 is 2.07 bits per heavy atom. The Morgan fingerprint density at radius 1 is 0.778 bits per heavy atom. The Kier molecular flexibility index (Phi) is 5.67. The van der Waals surface area contributed by atoms with Gasteiger partial charge in [0.1, 0.15) is 5.75 Å². The summed E-state index contributed by atoms with van der Waals surface area (Å²) in [7, 11) is 0. The molecule has 0 fully saturated rings. The first-order valence-corrected chi connectivity index (χ1v) is 8.81. The molecule has 0 aliphatic rings. The van der Waals surface area contributed by atoms with Crippen molar-refractivity contribution in [2.75, 3.05) is 5.32 Å². The third-order valence-electron chi connectivity index (χ3n) is 3.94. The maximum absolute atomic E-state index is 12.8. The smallest absolute Gasteiger partial charge is 0.255 e. The number of nitrogens with one attached hydrogen (secondary N) is 1. The first kappa shape index (κ1) is 18.4. The second kappa shape index (κ2) is 8.32. The second-order valence-corrected chi connectivity index (χ2v) is 6.39. The van der Waals surface area contributed by atoms with Crippen molar-refractivity contribution in [2.45, 2.75) is 20.0 Å². The van der Waals surface area contributed by atoms with Gasteiger partial charge in [-0.3, -0.25) is 9.59 Å². The van der Waals surface area contributed by atoms with Crippen LogP contribution in [0.2, 0.25) is 0 Å². The van der Waals surface area contributed by atoms with E-state index in [0.29, 0.717) is 28.1 Å². The molecule has 1 amide bonds. The summed E-state index contributed by atoms with van der Waals surface area (Å²) in [5.74, 6) is 0.299. The molecule has 0 bridgehead atoms. The Labute approximate surface area is 158 Å². The molecule has 0 saturated carbocycles. The van der Waals surface area contributed by atoms with Gasteiger partial charge in [-0.2, -0.15) is 0 Å². The molecule has 4 heteroatoms. The Morgan fingerprint density at radius 2 is 1.41 bits per heavy atom. The molecule has 0 heterocycles. The van der Waals surface area contributed by atoms with Gasteiger partial charge in [-0.25, -0.2) is 0 Å². The highest BCUT2D eigenvalue weighted by Crippen LogP contribution is 2.21. The average molecular weight is 359 g/mol. The molecule has 1 N–H and O–H groups in total. The molecule has 0 radical (unpaired) electrons. The number of amides is 1. The highest BCUT2D eigenvalue weighted by molar-refractivity contribution is 6.15. The molecule has 0 unspecified atom stereocenters. The van der Waals surface area contributed by atoms with Crippen molar-refractivity contribution in [2.24, 2.45) is 0 Å². The summed E-state index contributed by atoms with van der Waals surface area (Å²) in [4.78, 5) is 25.4. The number of carbonyl (C=O) groups is 2. The summed E-state index contributed by atoms with van der Waals surface area (Å²) in [5, 5.41) is 2.84. The zero-order chi connectivity index (χ0) is 19.2. The first-order valence-electron chi connectivity index (χ1n) is 8.81. The highest BCUT2D eigenvalue weighted by Gasteiger charge is 2.15. The maximum atomic E-state index is 12.8. The number of para-hydroxylation sites is 1. The molecule has 3 aromatic carbocycles. The van der Waals surface area contributed by atoms with E-state index in [4.69, 9.17) is 4.74 Å². The largest absolute Gasteiger partial charge is 0.491 e. The van der Waals surface area contributed by atoms with Gasteiger partial charge >= 0.3 is 0 Å². The van der Waals surface area contributed by atoms with E-state index in [1.807, 2.05) is 32.0 Å². The lowest BCUT2D eigenvalue weighted by atomic mass is 10.0. The van der Waals surface area contributed by atoms with Crippen LogP contribution in [0.5, 0.6) is 5.75 Å². The lowest BCUT2D eigenvalue weighted by Gasteiger charge is -2.12. The van der Waals surface area contributed by atoms with Crippen molar-refractivity contribution in [1.82, 2.24) is 0 Å². The molecule has 4 nitrogen and oxygen atoms in total. The minimum absolute atomic E-state index is 0.0700. The van der Waals surface area contributed by atoms with E-state index in [2.05, 4.69) is 5.32 Å². The number of hydrogen-bond acceptors (Lipinski definition) is 3. The van der Waals surface area contributed by atoms with Gasteiger partial charge < -0.3 is 10.1 Å². The summed E-state index contributed by atoms with van der Waals surface area (Å²) in [6.45, 7) is 3.89. The van der Waals surface area contributed by atoms with Gasteiger partial charge in [0.15, 0.2) is 5.78 Å². The predicted molar refractivity (Wildman–Crippen MR) is 106 cm³/mol. The fraction of sp³-hybridized carbons (Fsp3) is 0.130. The van der Waals surface area contributed by atoms with Crippen LogP contribution in [0.1, 0.15) is 40.1 Å². The van der Waals surface area contributed by atoms with Gasteiger partial charge in [0.05, 0.1) is 11.8 Å². The molecule has 3 aromatic rings. The van der Waals surface area contributed by atoms with E-state index in [1.54, 1.807) is 60.7 Å². The van der Waals surface area contributed by atoms with Crippen molar-refractivity contribution in [3.8, 4) is 5.75 Å². The first-order chi connectivity index (χ1) is 13.0. The number of ketones is 1.